The number of aromatic nitrogens is 1. The minimum Gasteiger partial charge on any atom is -0.614 e. The second-order valence-corrected chi connectivity index (χ2v) is 18.1. The lowest BCUT2D eigenvalue weighted by molar-refractivity contribution is -0.160. The second-order valence-electron chi connectivity index (χ2n) is 15.4. The van der Waals surface area contributed by atoms with E-state index < -0.39 is 64.1 Å². The summed E-state index contributed by atoms with van der Waals surface area (Å²) in [4.78, 5) is 65.5. The summed E-state index contributed by atoms with van der Waals surface area (Å²) in [6, 6.07) is 35.1. The van der Waals surface area contributed by atoms with Crippen LogP contribution >= 0.6 is 22.9 Å². The Bertz CT molecular complexity index is 2400. The van der Waals surface area contributed by atoms with Crippen molar-refractivity contribution in [3.63, 3.8) is 0 Å². The van der Waals surface area contributed by atoms with E-state index >= 15 is 0 Å². The third kappa shape index (κ3) is 9.89. The highest BCUT2D eigenvalue weighted by Gasteiger charge is 2.61. The third-order valence-corrected chi connectivity index (χ3v) is 12.7. The van der Waals surface area contributed by atoms with Gasteiger partial charge in [-0.2, -0.15) is 0 Å². The van der Waals surface area contributed by atoms with Crippen LogP contribution in [0.1, 0.15) is 48.7 Å². The molecule has 2 aliphatic heterocycles. The summed E-state index contributed by atoms with van der Waals surface area (Å²) in [5.41, 5.74) is 1.45. The fourth-order valence-electron chi connectivity index (χ4n) is 7.20. The van der Waals surface area contributed by atoms with Crippen LogP contribution < -0.4 is 15.4 Å². The molecule has 1 fully saturated rings. The average Bonchev–Trinajstić information content (AvgIpc) is 3.75. The maximum Gasteiger partial charge on any atom is 0.355 e. The highest BCUT2D eigenvalue weighted by molar-refractivity contribution is 7.92. The van der Waals surface area contributed by atoms with Gasteiger partial charge in [-0.15, -0.1) is 22.9 Å². The third-order valence-electron chi connectivity index (χ3n) is 10.0. The van der Waals surface area contributed by atoms with Crippen molar-refractivity contribution in [2.75, 3.05) is 30.7 Å². The van der Waals surface area contributed by atoms with Gasteiger partial charge < -0.3 is 34.2 Å². The number of esters is 2. The van der Waals surface area contributed by atoms with Crippen molar-refractivity contribution in [2.24, 2.45) is 5.16 Å². The summed E-state index contributed by atoms with van der Waals surface area (Å²) < 4.78 is 29.8. The minimum atomic E-state index is -1.78. The molecule has 1 aromatic heterocycles. The maximum absolute atomic E-state index is 14.3. The molecule has 2 amide bonds. The molecule has 17 heteroatoms. The summed E-state index contributed by atoms with van der Waals surface area (Å²) in [5.74, 6) is -2.89. The van der Waals surface area contributed by atoms with Gasteiger partial charge in [0.1, 0.15) is 40.6 Å². The van der Waals surface area contributed by atoms with Gasteiger partial charge in [0.05, 0.1) is 13.0 Å². The number of thiazole rings is 1. The standard InChI is InChI=1S/C46H44ClN5O9S2/c1-45(2,3)61-36(53)26-60-51-37(35-27-62-44(48-35)50-46(31-14-8-5-9-15-31,32-16-10-6-11-17-32)33-18-12-7-13-19-33)40(54)49-38-41(55)52-39(30(24-47)28-63(57)42(38)52)43(56)59-25-29-20-22-34(58-4)23-21-29/h5-23,27,38,42H,24-26,28H2,1-4H3,(H,48,50)(H,49,54)/b51-37-/t38?,42-,63?/m0/s1. The SMILES string of the molecule is COc1ccc(COC(=O)C2=C(CCl)C[S+]([O-])[C@H]3C(NC(=O)/C(=N\OCC(=O)OC(C)(C)C)c4csc(NC(c5ccccc5)(c5ccccc5)c5ccccc5)n4)C(=O)N23)cc1. The van der Waals surface area contributed by atoms with E-state index in [1.165, 1.54) is 18.4 Å². The molecule has 7 rings (SSSR count). The Kier molecular flexibility index (Phi) is 13.9. The van der Waals surface area contributed by atoms with Crippen molar-refractivity contribution in [2.45, 2.75) is 49.9 Å². The van der Waals surface area contributed by atoms with Crippen LogP contribution in [0.2, 0.25) is 0 Å². The Morgan fingerprint density at radius 1 is 0.921 bits per heavy atom. The van der Waals surface area contributed by atoms with Gasteiger partial charge in [0.15, 0.2) is 16.9 Å². The number of ether oxygens (including phenoxy) is 3. The first-order chi connectivity index (χ1) is 30.3. The van der Waals surface area contributed by atoms with Gasteiger partial charge in [0.2, 0.25) is 12.0 Å². The minimum absolute atomic E-state index is 0.0489. The zero-order chi connectivity index (χ0) is 44.7. The van der Waals surface area contributed by atoms with Crippen molar-refractivity contribution in [3.8, 4) is 5.75 Å². The van der Waals surface area contributed by atoms with Gasteiger partial charge in [0.25, 0.3) is 11.8 Å². The van der Waals surface area contributed by atoms with E-state index in [-0.39, 0.29) is 40.9 Å². The van der Waals surface area contributed by atoms with Crippen LogP contribution in [-0.2, 0) is 56.8 Å². The molecule has 3 atom stereocenters. The molecule has 0 saturated carbocycles. The molecule has 0 radical (unpaired) electrons. The largest absolute Gasteiger partial charge is 0.614 e. The number of hydrogen-bond donors (Lipinski definition) is 2. The summed E-state index contributed by atoms with van der Waals surface area (Å²) in [6.07, 6.45) is 0. The van der Waals surface area contributed by atoms with Crippen molar-refractivity contribution in [1.29, 1.82) is 0 Å². The van der Waals surface area contributed by atoms with E-state index in [4.69, 9.17) is 35.6 Å². The number of carbonyl (C=O) groups excluding carboxylic acids is 4. The van der Waals surface area contributed by atoms with E-state index in [0.717, 1.165) is 21.6 Å². The zero-order valence-electron chi connectivity index (χ0n) is 34.7. The predicted molar refractivity (Wildman–Crippen MR) is 239 cm³/mol. The predicted octanol–water partition coefficient (Wildman–Crippen LogP) is 6.27. The monoisotopic (exact) mass is 909 g/mol. The van der Waals surface area contributed by atoms with Gasteiger partial charge in [-0.05, 0) is 66.3 Å². The number of oxime groups is 1. The van der Waals surface area contributed by atoms with Crippen LogP contribution in [0.15, 0.2) is 137 Å². The maximum atomic E-state index is 14.3. The molecule has 326 valence electrons. The van der Waals surface area contributed by atoms with Crippen LogP contribution in [0, 0.1) is 0 Å². The number of anilines is 1. The number of rotatable bonds is 16. The van der Waals surface area contributed by atoms with Crippen molar-refractivity contribution in [3.05, 3.63) is 160 Å². The van der Waals surface area contributed by atoms with Crippen LogP contribution in [-0.4, -0.2) is 86.3 Å². The van der Waals surface area contributed by atoms with Crippen LogP contribution in [0.3, 0.4) is 0 Å². The lowest BCUT2D eigenvalue weighted by Gasteiger charge is -2.49. The first kappa shape index (κ1) is 44.8. The van der Waals surface area contributed by atoms with E-state index in [1.807, 2.05) is 91.0 Å². The topological polar surface area (TPSA) is 181 Å². The van der Waals surface area contributed by atoms with Gasteiger partial charge in [0, 0.05) is 11.0 Å². The van der Waals surface area contributed by atoms with Crippen LogP contribution in [0.4, 0.5) is 5.13 Å². The Balaban J connectivity index is 1.17. The molecule has 1 saturated heterocycles. The fraction of sp³-hybridized carbons (Fsp3) is 0.261. The molecule has 0 aliphatic carbocycles. The Labute approximate surface area is 376 Å². The normalized spacial score (nSPS) is 17.6. The second kappa shape index (κ2) is 19.5. The number of alkyl halides is 1. The highest BCUT2D eigenvalue weighted by Crippen LogP contribution is 2.41. The molecule has 4 aromatic carbocycles. The molecule has 0 bridgehead atoms. The molecule has 3 heterocycles. The van der Waals surface area contributed by atoms with Crippen molar-refractivity contribution < 1.29 is 42.8 Å². The number of amides is 2. The van der Waals surface area contributed by atoms with Gasteiger partial charge in [-0.25, -0.2) is 14.6 Å². The van der Waals surface area contributed by atoms with Crippen LogP contribution in [0.5, 0.6) is 5.75 Å². The molecule has 2 N–H and O–H groups in total. The number of methoxy groups -OCH3 is 1. The quantitative estimate of drug-likeness (QED) is 0.0217. The van der Waals surface area contributed by atoms with Crippen molar-refractivity contribution >= 4 is 68.7 Å². The van der Waals surface area contributed by atoms with Gasteiger partial charge in [-0.1, -0.05) is 108 Å². The number of β-lactam (4-membered cyclic amide) rings is 1. The van der Waals surface area contributed by atoms with E-state index in [0.29, 0.717) is 16.4 Å². The summed E-state index contributed by atoms with van der Waals surface area (Å²) in [5, 5.41) is 11.2. The summed E-state index contributed by atoms with van der Waals surface area (Å²) in [6.45, 7) is 4.34. The number of benzene rings is 4. The molecular formula is C46H44ClN5O9S2. The van der Waals surface area contributed by atoms with E-state index in [9.17, 15) is 23.7 Å². The molecule has 2 aliphatic rings. The molecule has 14 nitrogen and oxygen atoms in total. The number of carbonyl (C=O) groups is 4. The molecule has 5 aromatic rings. The Morgan fingerprint density at radius 2 is 1.51 bits per heavy atom. The lowest BCUT2D eigenvalue weighted by Crippen LogP contribution is -2.75. The first-order valence-corrected chi connectivity index (χ1v) is 22.5. The molecule has 63 heavy (non-hydrogen) atoms. The van der Waals surface area contributed by atoms with Gasteiger partial charge >= 0.3 is 11.9 Å². The smallest absolute Gasteiger partial charge is 0.355 e. The van der Waals surface area contributed by atoms with Crippen molar-refractivity contribution in [1.82, 2.24) is 15.2 Å². The van der Waals surface area contributed by atoms with Crippen LogP contribution in [0.25, 0.3) is 0 Å². The Hall–Kier alpha value is -6.20. The highest BCUT2D eigenvalue weighted by atomic mass is 35.5. The lowest BCUT2D eigenvalue weighted by atomic mass is 9.77. The molecule has 2 unspecified atom stereocenters. The number of halogens is 1. The van der Waals surface area contributed by atoms with E-state index in [2.05, 4.69) is 15.8 Å². The Morgan fingerprint density at radius 3 is 2.05 bits per heavy atom. The summed E-state index contributed by atoms with van der Waals surface area (Å²) >= 11 is 5.62. The first-order valence-electron chi connectivity index (χ1n) is 19.7. The number of nitrogens with one attached hydrogen (secondary N) is 2. The molecular weight excluding hydrogens is 866 g/mol. The van der Waals surface area contributed by atoms with Gasteiger partial charge in [-0.3, -0.25) is 14.5 Å². The zero-order valence-corrected chi connectivity index (χ0v) is 37.1. The fourth-order valence-corrected chi connectivity index (χ4v) is 9.97. The number of hydrogen-bond acceptors (Lipinski definition) is 13. The number of nitrogens with zero attached hydrogens (tertiary/aromatic N) is 3. The molecule has 0 spiro atoms. The average molecular weight is 910 g/mol. The van der Waals surface area contributed by atoms with E-state index in [1.54, 1.807) is 50.4 Å². The summed E-state index contributed by atoms with van der Waals surface area (Å²) in [7, 11) is 1.54. The number of fused-ring (bicyclic) bond motifs is 1.